The van der Waals surface area contributed by atoms with E-state index in [0.29, 0.717) is 0 Å². The van der Waals surface area contributed by atoms with Crippen LogP contribution < -0.4 is 5.73 Å². The second kappa shape index (κ2) is 6.54. The lowest BCUT2D eigenvalue weighted by Crippen LogP contribution is -2.46. The Morgan fingerprint density at radius 3 is 2.23 bits per heavy atom. The van der Waals surface area contributed by atoms with Gasteiger partial charge < -0.3 is 14.6 Å². The maximum atomic E-state index is 5.77. The third-order valence-corrected chi connectivity index (χ3v) is 5.93. The first-order chi connectivity index (χ1) is 6.10. The Morgan fingerprint density at radius 2 is 1.92 bits per heavy atom. The van der Waals surface area contributed by atoms with Gasteiger partial charge in [0.05, 0.1) is 6.23 Å². The molecule has 2 atom stereocenters. The molecule has 0 spiro atoms. The van der Waals surface area contributed by atoms with E-state index in [1.807, 2.05) is 13.8 Å². The van der Waals surface area contributed by atoms with Gasteiger partial charge in [-0.05, 0) is 25.9 Å². The fourth-order valence-corrected chi connectivity index (χ4v) is 4.53. The van der Waals surface area contributed by atoms with Crippen molar-refractivity contribution in [1.29, 1.82) is 0 Å². The highest BCUT2D eigenvalue weighted by molar-refractivity contribution is 6.67. The average molecular weight is 205 g/mol. The predicted molar refractivity (Wildman–Crippen MR) is 57.7 cm³/mol. The maximum Gasteiger partial charge on any atom is 0.339 e. The smallest absolute Gasteiger partial charge is 0.339 e. The number of hydrogen-bond donors (Lipinski definition) is 1. The summed E-state index contributed by atoms with van der Waals surface area (Å²) in [6.45, 7) is 8.89. The van der Waals surface area contributed by atoms with Crippen LogP contribution in [0.1, 0.15) is 34.1 Å². The highest BCUT2D eigenvalue weighted by atomic mass is 28.4. The van der Waals surface area contributed by atoms with E-state index in [2.05, 4.69) is 13.8 Å². The average Bonchev–Trinajstić information content (AvgIpc) is 2.04. The first-order valence-corrected chi connectivity index (χ1v) is 7.40. The summed E-state index contributed by atoms with van der Waals surface area (Å²) in [5, 5.41) is 0. The molecule has 0 aliphatic carbocycles. The van der Waals surface area contributed by atoms with Crippen LogP contribution in [0, 0.1) is 0 Å². The van der Waals surface area contributed by atoms with Gasteiger partial charge in [-0.3, -0.25) is 0 Å². The van der Waals surface area contributed by atoms with Crippen LogP contribution in [-0.4, -0.2) is 21.4 Å². The summed E-state index contributed by atoms with van der Waals surface area (Å²) in [6.07, 6.45) is 0.900. The second-order valence-corrected chi connectivity index (χ2v) is 6.82. The largest absolute Gasteiger partial charge is 0.394 e. The van der Waals surface area contributed by atoms with Crippen molar-refractivity contribution in [1.82, 2.24) is 0 Å². The normalized spacial score (nSPS) is 18.2. The highest BCUT2D eigenvalue weighted by Gasteiger charge is 2.35. The van der Waals surface area contributed by atoms with Gasteiger partial charge in [-0.25, -0.2) is 0 Å². The molecular formula is C9H23NO2Si. The first-order valence-electron chi connectivity index (χ1n) is 5.17. The Morgan fingerprint density at radius 1 is 1.31 bits per heavy atom. The lowest BCUT2D eigenvalue weighted by atomic mass is 10.6. The molecule has 0 amide bonds. The minimum atomic E-state index is -1.96. The van der Waals surface area contributed by atoms with Gasteiger partial charge in [-0.1, -0.05) is 20.3 Å². The summed E-state index contributed by atoms with van der Waals surface area (Å²) in [5.74, 6) is 0. The van der Waals surface area contributed by atoms with Crippen molar-refractivity contribution >= 4 is 8.56 Å². The predicted octanol–water partition coefficient (Wildman–Crippen LogP) is 2.22. The van der Waals surface area contributed by atoms with E-state index in [1.165, 1.54) is 0 Å². The fraction of sp³-hybridized carbons (Fsp3) is 1.00. The molecule has 0 bridgehead atoms. The van der Waals surface area contributed by atoms with Crippen molar-refractivity contribution in [2.24, 2.45) is 5.73 Å². The van der Waals surface area contributed by atoms with Gasteiger partial charge in [0.25, 0.3) is 0 Å². The zero-order valence-corrected chi connectivity index (χ0v) is 10.3. The second-order valence-electron chi connectivity index (χ2n) is 3.27. The molecule has 0 fully saturated rings. The minimum Gasteiger partial charge on any atom is -0.394 e. The number of rotatable bonds is 7. The van der Waals surface area contributed by atoms with E-state index < -0.39 is 8.56 Å². The van der Waals surface area contributed by atoms with E-state index in [1.54, 1.807) is 0 Å². The summed E-state index contributed by atoms with van der Waals surface area (Å²) >= 11 is 0. The third-order valence-electron chi connectivity index (χ3n) is 1.98. The van der Waals surface area contributed by atoms with Crippen LogP contribution in [-0.2, 0) is 8.85 Å². The molecule has 0 aliphatic rings. The molecule has 2 N–H and O–H groups in total. The van der Waals surface area contributed by atoms with Gasteiger partial charge in [0.1, 0.15) is 0 Å². The number of hydrogen-bond acceptors (Lipinski definition) is 3. The molecule has 0 saturated heterocycles. The van der Waals surface area contributed by atoms with E-state index in [4.69, 9.17) is 14.6 Å². The maximum absolute atomic E-state index is 5.77. The van der Waals surface area contributed by atoms with Crippen molar-refractivity contribution in [3.8, 4) is 0 Å². The molecule has 0 heterocycles. The van der Waals surface area contributed by atoms with Gasteiger partial charge in [0.15, 0.2) is 0 Å². The Bertz CT molecular complexity index is 125. The lowest BCUT2D eigenvalue weighted by molar-refractivity contribution is 0.130. The van der Waals surface area contributed by atoms with Crippen LogP contribution in [0.25, 0.3) is 0 Å². The molecule has 0 aromatic carbocycles. The number of nitrogens with two attached hydrogens (primary N) is 1. The van der Waals surface area contributed by atoms with Crippen molar-refractivity contribution in [2.75, 3.05) is 6.61 Å². The minimum absolute atomic E-state index is 0.204. The first kappa shape index (κ1) is 13.1. The molecule has 2 unspecified atom stereocenters. The Balaban J connectivity index is 4.24. The van der Waals surface area contributed by atoms with Gasteiger partial charge in [0, 0.05) is 6.61 Å². The van der Waals surface area contributed by atoms with Crippen LogP contribution >= 0.6 is 0 Å². The molecule has 0 rings (SSSR count). The molecule has 3 nitrogen and oxygen atoms in total. The summed E-state index contributed by atoms with van der Waals surface area (Å²) in [4.78, 5) is 0. The molecule has 0 saturated carbocycles. The Hall–Kier alpha value is 0.0969. The van der Waals surface area contributed by atoms with Gasteiger partial charge in [-0.15, -0.1) is 0 Å². The van der Waals surface area contributed by atoms with Crippen molar-refractivity contribution in [2.45, 2.75) is 52.4 Å². The fourth-order valence-electron chi connectivity index (χ4n) is 1.51. The molecular weight excluding hydrogens is 182 g/mol. The SMILES string of the molecule is CCC[Si](CC)(OCC)OC(C)N. The quantitative estimate of drug-likeness (QED) is 0.512. The van der Waals surface area contributed by atoms with E-state index in [0.717, 1.165) is 25.1 Å². The molecule has 0 radical (unpaired) electrons. The van der Waals surface area contributed by atoms with E-state index in [9.17, 15) is 0 Å². The zero-order valence-electron chi connectivity index (χ0n) is 9.30. The highest BCUT2D eigenvalue weighted by Crippen LogP contribution is 2.21. The van der Waals surface area contributed by atoms with E-state index >= 15 is 0 Å². The molecule has 80 valence electrons. The van der Waals surface area contributed by atoms with Gasteiger partial charge in [0.2, 0.25) is 0 Å². The Kier molecular flexibility index (Phi) is 6.58. The van der Waals surface area contributed by atoms with Gasteiger partial charge in [-0.2, -0.15) is 0 Å². The summed E-state index contributed by atoms with van der Waals surface area (Å²) < 4.78 is 11.5. The molecule has 4 heteroatoms. The van der Waals surface area contributed by atoms with Crippen LogP contribution in [0.15, 0.2) is 0 Å². The van der Waals surface area contributed by atoms with Crippen LogP contribution in [0.4, 0.5) is 0 Å². The molecule has 0 aromatic heterocycles. The third kappa shape index (κ3) is 4.76. The van der Waals surface area contributed by atoms with Crippen LogP contribution in [0.2, 0.25) is 12.1 Å². The van der Waals surface area contributed by atoms with Crippen molar-refractivity contribution in [3.63, 3.8) is 0 Å². The van der Waals surface area contributed by atoms with Crippen LogP contribution in [0.3, 0.4) is 0 Å². The van der Waals surface area contributed by atoms with Crippen LogP contribution in [0.5, 0.6) is 0 Å². The monoisotopic (exact) mass is 205 g/mol. The Labute approximate surface area is 82.9 Å². The summed E-state index contributed by atoms with van der Waals surface area (Å²) in [5.41, 5.74) is 5.65. The van der Waals surface area contributed by atoms with E-state index in [-0.39, 0.29) is 6.23 Å². The van der Waals surface area contributed by atoms with Gasteiger partial charge >= 0.3 is 8.56 Å². The summed E-state index contributed by atoms with van der Waals surface area (Å²) in [6, 6.07) is 2.02. The summed E-state index contributed by atoms with van der Waals surface area (Å²) in [7, 11) is -1.96. The molecule has 0 aliphatic heterocycles. The topological polar surface area (TPSA) is 44.5 Å². The molecule has 13 heavy (non-hydrogen) atoms. The molecule has 0 aromatic rings. The zero-order chi connectivity index (χ0) is 10.3. The van der Waals surface area contributed by atoms with Crippen molar-refractivity contribution in [3.05, 3.63) is 0 Å². The lowest BCUT2D eigenvalue weighted by Gasteiger charge is -2.30. The standard InChI is InChI=1S/C9H23NO2Si/c1-5-8-13(7-3,11-6-2)12-9(4)10/h9H,5-8,10H2,1-4H3. The van der Waals surface area contributed by atoms with Crippen molar-refractivity contribution < 1.29 is 8.85 Å².